The van der Waals surface area contributed by atoms with E-state index in [1.54, 1.807) is 49.2 Å². The molecule has 1 atom stereocenters. The van der Waals surface area contributed by atoms with Gasteiger partial charge in [0, 0.05) is 28.6 Å². The van der Waals surface area contributed by atoms with Crippen LogP contribution in [0.15, 0.2) is 89.1 Å². The van der Waals surface area contributed by atoms with Crippen molar-refractivity contribution >= 4 is 51.7 Å². The standard InChI is InChI=1S/C29H27ClN4O3S/c1-18-25(28(36)33-23-12-3-4-13-24(23)37-2)26(34-14-7-15-38-29(34)31-18)19-8-6-11-22(17-19)32-27(35)20-9-5-10-21(30)16-20/h3-6,8-13,16-17,26H,7,14-15H2,1-2H3,(H,32,35)(H,33,36)/t26-/m1/s1. The van der Waals surface area contributed by atoms with E-state index in [-0.39, 0.29) is 17.9 Å². The topological polar surface area (TPSA) is 83.0 Å². The number of ether oxygens (including phenoxy) is 1. The second kappa shape index (κ2) is 11.3. The molecule has 0 aliphatic carbocycles. The van der Waals surface area contributed by atoms with Gasteiger partial charge < -0.3 is 20.3 Å². The average Bonchev–Trinajstić information content (AvgIpc) is 2.92. The zero-order valence-corrected chi connectivity index (χ0v) is 22.6. The number of halogens is 1. The first-order valence-electron chi connectivity index (χ1n) is 12.2. The molecule has 1 fully saturated rings. The second-order valence-electron chi connectivity index (χ2n) is 8.94. The Labute approximate surface area is 230 Å². The summed E-state index contributed by atoms with van der Waals surface area (Å²) in [7, 11) is 1.57. The Morgan fingerprint density at radius 3 is 2.66 bits per heavy atom. The first-order valence-corrected chi connectivity index (χ1v) is 13.6. The number of aliphatic imine (C=N–C) groups is 1. The zero-order valence-electron chi connectivity index (χ0n) is 21.0. The number of nitrogens with one attached hydrogen (secondary N) is 2. The molecule has 7 nitrogen and oxygen atoms in total. The summed E-state index contributed by atoms with van der Waals surface area (Å²) in [6.07, 6.45) is 0.978. The molecule has 0 spiro atoms. The number of fused-ring (bicyclic) bond motifs is 1. The monoisotopic (exact) mass is 546 g/mol. The number of amidine groups is 1. The minimum atomic E-state index is -0.368. The van der Waals surface area contributed by atoms with Crippen LogP contribution >= 0.6 is 23.4 Å². The van der Waals surface area contributed by atoms with Crippen molar-refractivity contribution < 1.29 is 14.3 Å². The summed E-state index contributed by atoms with van der Waals surface area (Å²) in [5, 5.41) is 7.38. The molecular formula is C29H27ClN4O3S. The van der Waals surface area contributed by atoms with E-state index in [0.29, 0.717) is 39.0 Å². The minimum absolute atomic E-state index is 0.247. The van der Waals surface area contributed by atoms with Crippen LogP contribution in [0.4, 0.5) is 11.4 Å². The number of carbonyl (C=O) groups is 2. The van der Waals surface area contributed by atoms with Gasteiger partial charge in [0.1, 0.15) is 5.75 Å². The number of allylic oxidation sites excluding steroid dienone is 1. The summed E-state index contributed by atoms with van der Waals surface area (Å²) in [5.41, 5.74) is 3.79. The number of benzene rings is 3. The van der Waals surface area contributed by atoms with E-state index in [2.05, 4.69) is 15.5 Å². The van der Waals surface area contributed by atoms with E-state index < -0.39 is 0 Å². The first-order chi connectivity index (χ1) is 18.4. The number of anilines is 2. The van der Waals surface area contributed by atoms with Gasteiger partial charge in [0.15, 0.2) is 5.17 Å². The maximum atomic E-state index is 13.8. The molecule has 3 aromatic carbocycles. The van der Waals surface area contributed by atoms with Crippen molar-refractivity contribution in [3.8, 4) is 5.75 Å². The molecule has 3 aromatic rings. The largest absolute Gasteiger partial charge is 0.495 e. The van der Waals surface area contributed by atoms with E-state index in [1.807, 2.05) is 49.4 Å². The molecule has 9 heteroatoms. The third kappa shape index (κ3) is 5.42. The molecule has 2 aliphatic rings. The van der Waals surface area contributed by atoms with Crippen molar-refractivity contribution in [2.24, 2.45) is 4.99 Å². The van der Waals surface area contributed by atoms with E-state index in [1.165, 1.54) is 0 Å². The molecule has 1 saturated heterocycles. The van der Waals surface area contributed by atoms with E-state index in [4.69, 9.17) is 21.3 Å². The summed E-state index contributed by atoms with van der Waals surface area (Å²) in [5.74, 6) is 1.05. The lowest BCUT2D eigenvalue weighted by atomic mass is 9.93. The number of amides is 2. The molecule has 0 saturated carbocycles. The van der Waals surface area contributed by atoms with E-state index in [0.717, 1.165) is 29.4 Å². The van der Waals surface area contributed by atoms with Gasteiger partial charge in [-0.15, -0.1) is 0 Å². The van der Waals surface area contributed by atoms with Crippen LogP contribution in [0.25, 0.3) is 0 Å². The third-order valence-corrected chi connectivity index (χ3v) is 7.72. The summed E-state index contributed by atoms with van der Waals surface area (Å²) in [6.45, 7) is 2.64. The Bertz CT molecular complexity index is 1450. The smallest absolute Gasteiger partial charge is 0.255 e. The number of nitrogens with zero attached hydrogens (tertiary/aromatic N) is 2. The number of hydrogen-bond donors (Lipinski definition) is 2. The van der Waals surface area contributed by atoms with Gasteiger partial charge in [0.05, 0.1) is 30.1 Å². The quantitative estimate of drug-likeness (QED) is 0.376. The van der Waals surface area contributed by atoms with E-state index >= 15 is 0 Å². The molecule has 0 bridgehead atoms. The van der Waals surface area contributed by atoms with Crippen molar-refractivity contribution in [2.75, 3.05) is 30.0 Å². The van der Waals surface area contributed by atoms with E-state index in [9.17, 15) is 9.59 Å². The van der Waals surface area contributed by atoms with Crippen LogP contribution in [0.5, 0.6) is 5.75 Å². The molecule has 0 aromatic heterocycles. The normalized spacial score (nSPS) is 16.9. The van der Waals surface area contributed by atoms with Gasteiger partial charge in [-0.3, -0.25) is 9.59 Å². The molecule has 2 aliphatic heterocycles. The van der Waals surface area contributed by atoms with Gasteiger partial charge in [-0.05, 0) is 61.4 Å². The lowest BCUT2D eigenvalue weighted by Gasteiger charge is -2.41. The number of methoxy groups -OCH3 is 1. The molecule has 5 rings (SSSR count). The Hall–Kier alpha value is -3.75. The third-order valence-electron chi connectivity index (χ3n) is 6.41. The lowest BCUT2D eigenvalue weighted by Crippen LogP contribution is -2.43. The first kappa shape index (κ1) is 25.9. The Balaban J connectivity index is 1.49. The van der Waals surface area contributed by atoms with Crippen LogP contribution in [0.2, 0.25) is 5.02 Å². The highest BCUT2D eigenvalue weighted by atomic mass is 35.5. The molecule has 2 heterocycles. The fourth-order valence-electron chi connectivity index (χ4n) is 4.66. The summed E-state index contributed by atoms with van der Waals surface area (Å²) >= 11 is 7.76. The molecule has 38 heavy (non-hydrogen) atoms. The van der Waals surface area contributed by atoms with Crippen LogP contribution in [-0.4, -0.2) is 41.3 Å². The van der Waals surface area contributed by atoms with Crippen LogP contribution in [0.1, 0.15) is 35.3 Å². The van der Waals surface area contributed by atoms with Crippen LogP contribution < -0.4 is 15.4 Å². The van der Waals surface area contributed by atoms with Gasteiger partial charge in [0.2, 0.25) is 0 Å². The number of hydrogen-bond acceptors (Lipinski definition) is 6. The predicted octanol–water partition coefficient (Wildman–Crippen LogP) is 6.36. The number of rotatable bonds is 6. The lowest BCUT2D eigenvalue weighted by molar-refractivity contribution is -0.113. The maximum absolute atomic E-state index is 13.8. The van der Waals surface area contributed by atoms with Crippen molar-refractivity contribution in [3.05, 3.63) is 100 Å². The van der Waals surface area contributed by atoms with Crippen molar-refractivity contribution in [1.82, 2.24) is 4.90 Å². The van der Waals surface area contributed by atoms with Crippen molar-refractivity contribution in [3.63, 3.8) is 0 Å². The zero-order chi connectivity index (χ0) is 26.6. The fourth-order valence-corrected chi connectivity index (χ4v) is 5.87. The average molecular weight is 547 g/mol. The molecule has 0 unspecified atom stereocenters. The van der Waals surface area contributed by atoms with Gasteiger partial charge in [0.25, 0.3) is 11.8 Å². The minimum Gasteiger partial charge on any atom is -0.495 e. The van der Waals surface area contributed by atoms with Gasteiger partial charge in [-0.1, -0.05) is 53.7 Å². The van der Waals surface area contributed by atoms with Crippen molar-refractivity contribution in [2.45, 2.75) is 19.4 Å². The molecular weight excluding hydrogens is 520 g/mol. The Morgan fingerprint density at radius 2 is 1.84 bits per heavy atom. The Kier molecular flexibility index (Phi) is 7.72. The molecule has 2 N–H and O–H groups in total. The fraction of sp³-hybridized carbons (Fsp3) is 0.207. The van der Waals surface area contributed by atoms with Gasteiger partial charge in [-0.2, -0.15) is 0 Å². The second-order valence-corrected chi connectivity index (χ2v) is 10.4. The molecule has 2 amide bonds. The van der Waals surface area contributed by atoms with Gasteiger partial charge >= 0.3 is 0 Å². The van der Waals surface area contributed by atoms with Gasteiger partial charge in [-0.25, -0.2) is 4.99 Å². The SMILES string of the molecule is COc1ccccc1NC(=O)C1=C(C)N=C2SCCCN2[C@@H]1c1cccc(NC(=O)c2cccc(Cl)c2)c1. The number of thioether (sulfide) groups is 1. The summed E-state index contributed by atoms with van der Waals surface area (Å²) in [6, 6.07) is 21.4. The maximum Gasteiger partial charge on any atom is 0.255 e. The molecule has 194 valence electrons. The number of para-hydroxylation sites is 2. The highest BCUT2D eigenvalue weighted by Crippen LogP contribution is 2.40. The van der Waals surface area contributed by atoms with Crippen LogP contribution in [0, 0.1) is 0 Å². The number of carbonyl (C=O) groups excluding carboxylic acids is 2. The molecule has 0 radical (unpaired) electrons. The van der Waals surface area contributed by atoms with Crippen LogP contribution in [-0.2, 0) is 4.79 Å². The summed E-state index contributed by atoms with van der Waals surface area (Å²) in [4.78, 5) is 33.6. The highest BCUT2D eigenvalue weighted by Gasteiger charge is 2.37. The summed E-state index contributed by atoms with van der Waals surface area (Å²) < 4.78 is 5.43. The predicted molar refractivity (Wildman–Crippen MR) is 154 cm³/mol. The highest BCUT2D eigenvalue weighted by molar-refractivity contribution is 8.13. The van der Waals surface area contributed by atoms with Crippen LogP contribution in [0.3, 0.4) is 0 Å². The Morgan fingerprint density at radius 1 is 1.03 bits per heavy atom. The van der Waals surface area contributed by atoms with Crippen molar-refractivity contribution in [1.29, 1.82) is 0 Å².